The van der Waals surface area contributed by atoms with Gasteiger partial charge in [-0.25, -0.2) is 4.99 Å². The van der Waals surface area contributed by atoms with Crippen LogP contribution in [0.4, 0.5) is 0 Å². The number of nitrogens with one attached hydrogen (secondary N) is 1. The van der Waals surface area contributed by atoms with Gasteiger partial charge in [-0.15, -0.1) is 10.2 Å². The smallest absolute Gasteiger partial charge is 0.189 e. The second kappa shape index (κ2) is 6.62. The summed E-state index contributed by atoms with van der Waals surface area (Å²) in [7, 11) is 0. The lowest BCUT2D eigenvalue weighted by molar-refractivity contribution is 0.822. The summed E-state index contributed by atoms with van der Waals surface area (Å²) in [5, 5.41) is 11.9. The first-order valence-corrected chi connectivity index (χ1v) is 6.70. The lowest BCUT2D eigenvalue weighted by atomic mass is 10.5. The Bertz CT molecular complexity index is 323. The average Bonchev–Trinajstić information content (AvgIpc) is 2.71. The van der Waals surface area contributed by atoms with Crippen LogP contribution in [0.2, 0.25) is 0 Å². The maximum atomic E-state index is 5.64. The molecule has 7 heteroatoms. The Hall–Kier alpha value is -0.820. The number of aromatic nitrogens is 2. The van der Waals surface area contributed by atoms with E-state index in [0.717, 1.165) is 22.3 Å². The molecule has 5 nitrogen and oxygen atoms in total. The van der Waals surface area contributed by atoms with E-state index in [-0.39, 0.29) is 0 Å². The number of nitrogens with two attached hydrogens (primary N) is 1. The quantitative estimate of drug-likeness (QED) is 0.461. The van der Waals surface area contributed by atoms with Gasteiger partial charge < -0.3 is 11.1 Å². The van der Waals surface area contributed by atoms with E-state index < -0.39 is 0 Å². The molecule has 0 bridgehead atoms. The minimum atomic E-state index is 0.470. The van der Waals surface area contributed by atoms with E-state index in [2.05, 4.69) is 27.4 Å². The maximum absolute atomic E-state index is 5.64. The van der Waals surface area contributed by atoms with Gasteiger partial charge in [0.2, 0.25) is 0 Å². The molecule has 0 aliphatic rings. The van der Waals surface area contributed by atoms with Crippen LogP contribution in [0.1, 0.15) is 18.4 Å². The number of hydrogen-bond donors (Lipinski definition) is 2. The highest BCUT2D eigenvalue weighted by molar-refractivity contribution is 8.00. The van der Waals surface area contributed by atoms with Crippen molar-refractivity contribution in [3.05, 3.63) is 5.01 Å². The fourth-order valence-electron chi connectivity index (χ4n) is 0.846. The maximum Gasteiger partial charge on any atom is 0.189 e. The molecule has 0 saturated heterocycles. The van der Waals surface area contributed by atoms with Crippen LogP contribution >= 0.6 is 23.1 Å². The normalized spacial score (nSPS) is 11.7. The summed E-state index contributed by atoms with van der Waals surface area (Å²) in [4.78, 5) is 4.16. The van der Waals surface area contributed by atoms with Crippen LogP contribution in [0.25, 0.3) is 0 Å². The molecule has 1 aromatic rings. The van der Waals surface area contributed by atoms with Gasteiger partial charge in [0.1, 0.15) is 5.01 Å². The molecule has 84 valence electrons. The van der Waals surface area contributed by atoms with E-state index in [1.54, 1.807) is 23.1 Å². The SMILES string of the molecule is CCCNC(N)=NCc1nnc(SC)s1. The van der Waals surface area contributed by atoms with Crippen LogP contribution in [0, 0.1) is 0 Å². The largest absolute Gasteiger partial charge is 0.370 e. The van der Waals surface area contributed by atoms with Crippen molar-refractivity contribution < 1.29 is 0 Å². The first kappa shape index (κ1) is 12.3. The molecule has 3 N–H and O–H groups in total. The first-order chi connectivity index (χ1) is 7.26. The second-order valence-electron chi connectivity index (χ2n) is 2.79. The van der Waals surface area contributed by atoms with Gasteiger partial charge in [0, 0.05) is 6.54 Å². The molecular weight excluding hydrogens is 230 g/mol. The first-order valence-electron chi connectivity index (χ1n) is 4.66. The predicted molar refractivity (Wildman–Crippen MR) is 65.3 cm³/mol. The van der Waals surface area contributed by atoms with Crippen molar-refractivity contribution in [2.24, 2.45) is 10.7 Å². The highest BCUT2D eigenvalue weighted by Gasteiger charge is 2.01. The summed E-state index contributed by atoms with van der Waals surface area (Å²) in [5.74, 6) is 0.470. The summed E-state index contributed by atoms with van der Waals surface area (Å²) in [5.41, 5.74) is 5.64. The van der Waals surface area contributed by atoms with Gasteiger partial charge in [0.05, 0.1) is 6.54 Å². The number of thioether (sulfide) groups is 1. The summed E-state index contributed by atoms with van der Waals surface area (Å²) in [6.45, 7) is 3.43. The van der Waals surface area contributed by atoms with Crippen LogP contribution in [0.15, 0.2) is 9.33 Å². The van der Waals surface area contributed by atoms with Crippen molar-refractivity contribution >= 4 is 29.1 Å². The van der Waals surface area contributed by atoms with E-state index in [1.807, 2.05) is 6.26 Å². The zero-order valence-electron chi connectivity index (χ0n) is 8.86. The standard InChI is InChI=1S/C8H15N5S2/c1-3-4-10-7(9)11-5-6-12-13-8(14-2)15-6/h3-5H2,1-2H3,(H3,9,10,11). The monoisotopic (exact) mass is 245 g/mol. The van der Waals surface area contributed by atoms with Crippen molar-refractivity contribution in [3.63, 3.8) is 0 Å². The highest BCUT2D eigenvalue weighted by Crippen LogP contribution is 2.19. The van der Waals surface area contributed by atoms with Gasteiger partial charge in [-0.3, -0.25) is 0 Å². The molecule has 1 heterocycles. The van der Waals surface area contributed by atoms with Crippen LogP contribution in [0.3, 0.4) is 0 Å². The van der Waals surface area contributed by atoms with Gasteiger partial charge in [-0.2, -0.15) is 0 Å². The van der Waals surface area contributed by atoms with Crippen molar-refractivity contribution in [1.29, 1.82) is 0 Å². The van der Waals surface area contributed by atoms with E-state index in [1.165, 1.54) is 0 Å². The third-order valence-corrected chi connectivity index (χ3v) is 3.45. The summed E-state index contributed by atoms with van der Waals surface area (Å²) < 4.78 is 0.959. The fourth-order valence-corrected chi connectivity index (χ4v) is 2.08. The van der Waals surface area contributed by atoms with Gasteiger partial charge in [0.15, 0.2) is 10.3 Å². The molecular formula is C8H15N5S2. The zero-order valence-corrected chi connectivity index (χ0v) is 10.5. The predicted octanol–water partition coefficient (Wildman–Crippen LogP) is 1.07. The van der Waals surface area contributed by atoms with Crippen molar-refractivity contribution in [2.75, 3.05) is 12.8 Å². The molecule has 0 fully saturated rings. The number of hydrogen-bond acceptors (Lipinski definition) is 5. The van der Waals surface area contributed by atoms with Gasteiger partial charge in [-0.05, 0) is 12.7 Å². The molecule has 0 unspecified atom stereocenters. The summed E-state index contributed by atoms with van der Waals surface area (Å²) in [6.07, 6.45) is 3.01. The Morgan fingerprint density at radius 1 is 1.60 bits per heavy atom. The third-order valence-electron chi connectivity index (χ3n) is 1.56. The van der Waals surface area contributed by atoms with Crippen molar-refractivity contribution in [2.45, 2.75) is 24.2 Å². The topological polar surface area (TPSA) is 76.2 Å². The Kier molecular flexibility index (Phi) is 5.41. The van der Waals surface area contributed by atoms with Crippen molar-refractivity contribution in [3.8, 4) is 0 Å². The molecule has 0 atom stereocenters. The van der Waals surface area contributed by atoms with Crippen LogP contribution in [-0.2, 0) is 6.54 Å². The number of nitrogens with zero attached hydrogens (tertiary/aromatic N) is 3. The molecule has 0 amide bonds. The second-order valence-corrected chi connectivity index (χ2v) is 4.91. The average molecular weight is 245 g/mol. The minimum absolute atomic E-state index is 0.470. The van der Waals surface area contributed by atoms with Crippen LogP contribution in [-0.4, -0.2) is 29.0 Å². The molecule has 1 aromatic heterocycles. The summed E-state index contributed by atoms with van der Waals surface area (Å²) in [6, 6.07) is 0. The number of aliphatic imine (C=N–C) groups is 1. The molecule has 1 rings (SSSR count). The zero-order chi connectivity index (χ0) is 11.1. The van der Waals surface area contributed by atoms with Gasteiger partial charge in [-0.1, -0.05) is 30.0 Å². The number of guanidine groups is 1. The minimum Gasteiger partial charge on any atom is -0.370 e. The molecule has 0 saturated carbocycles. The highest BCUT2D eigenvalue weighted by atomic mass is 32.2. The molecule has 0 radical (unpaired) electrons. The lowest BCUT2D eigenvalue weighted by Crippen LogP contribution is -2.32. The Balaban J connectivity index is 2.41. The van der Waals surface area contributed by atoms with E-state index in [4.69, 9.17) is 5.73 Å². The van der Waals surface area contributed by atoms with Crippen LogP contribution in [0.5, 0.6) is 0 Å². The van der Waals surface area contributed by atoms with Crippen LogP contribution < -0.4 is 11.1 Å². The van der Waals surface area contributed by atoms with Gasteiger partial charge in [0.25, 0.3) is 0 Å². The Morgan fingerprint density at radius 2 is 2.40 bits per heavy atom. The molecule has 0 aliphatic heterocycles. The molecule has 0 spiro atoms. The molecule has 0 aliphatic carbocycles. The van der Waals surface area contributed by atoms with E-state index in [9.17, 15) is 0 Å². The molecule has 0 aromatic carbocycles. The Morgan fingerprint density at radius 3 is 3.00 bits per heavy atom. The molecule has 15 heavy (non-hydrogen) atoms. The Labute approximate surface area is 97.6 Å². The van der Waals surface area contributed by atoms with Crippen molar-refractivity contribution in [1.82, 2.24) is 15.5 Å². The van der Waals surface area contributed by atoms with Gasteiger partial charge >= 0.3 is 0 Å². The summed E-state index contributed by atoms with van der Waals surface area (Å²) >= 11 is 3.14. The van der Waals surface area contributed by atoms with E-state index in [0.29, 0.717) is 12.5 Å². The number of rotatable bonds is 5. The fraction of sp³-hybridized carbons (Fsp3) is 0.625. The third kappa shape index (κ3) is 4.48. The lowest BCUT2D eigenvalue weighted by Gasteiger charge is -2.01. The van der Waals surface area contributed by atoms with E-state index >= 15 is 0 Å².